The maximum Gasteiger partial charge on any atom is 0.268 e. The molecule has 0 aliphatic carbocycles. The van der Waals surface area contributed by atoms with Crippen LogP contribution in [-0.4, -0.2) is 48.9 Å². The monoisotopic (exact) mass is 476 g/mol. The Bertz CT molecular complexity index is 1210. The summed E-state index contributed by atoms with van der Waals surface area (Å²) >= 11 is 0. The summed E-state index contributed by atoms with van der Waals surface area (Å²) in [7, 11) is -2.22. The van der Waals surface area contributed by atoms with Crippen LogP contribution in [0.25, 0.3) is 5.52 Å². The number of amides is 1. The number of hydrogen-bond donors (Lipinski definition) is 1. The Labute approximate surface area is 193 Å². The molecule has 33 heavy (non-hydrogen) atoms. The fourth-order valence-electron chi connectivity index (χ4n) is 3.22. The highest BCUT2D eigenvalue weighted by Gasteiger charge is 2.31. The van der Waals surface area contributed by atoms with Crippen molar-refractivity contribution in [3.8, 4) is 5.75 Å². The minimum atomic E-state index is -3.76. The highest BCUT2D eigenvalue weighted by Crippen LogP contribution is 2.23. The van der Waals surface area contributed by atoms with E-state index in [-0.39, 0.29) is 11.4 Å². The van der Waals surface area contributed by atoms with E-state index in [0.717, 1.165) is 31.6 Å². The third-order valence-electron chi connectivity index (χ3n) is 5.30. The average molecular weight is 477 g/mol. The minimum Gasteiger partial charge on any atom is -0.497 e. The van der Waals surface area contributed by atoms with Crippen molar-refractivity contribution in [1.29, 1.82) is 0 Å². The molecule has 10 heteroatoms. The van der Waals surface area contributed by atoms with Crippen molar-refractivity contribution in [2.45, 2.75) is 38.4 Å². The predicted molar refractivity (Wildman–Crippen MR) is 126 cm³/mol. The van der Waals surface area contributed by atoms with Gasteiger partial charge in [-0.3, -0.25) is 4.79 Å². The first-order chi connectivity index (χ1) is 15.5. The van der Waals surface area contributed by atoms with Gasteiger partial charge in [-0.25, -0.2) is 22.0 Å². The summed E-state index contributed by atoms with van der Waals surface area (Å²) in [6.07, 6.45) is 5.50. The normalized spacial score (nSPS) is 14.0. The van der Waals surface area contributed by atoms with Crippen LogP contribution in [0, 0.1) is 5.82 Å². The zero-order chi connectivity index (χ0) is 24.2. The second-order valence-corrected chi connectivity index (χ2v) is 11.1. The first-order valence-corrected chi connectivity index (χ1v) is 12.1. The van der Waals surface area contributed by atoms with Crippen molar-refractivity contribution in [3.63, 3.8) is 0 Å². The fraction of sp³-hybridized carbons (Fsp3) is 0.391. The molecule has 8 nitrogen and oxygen atoms in total. The first kappa shape index (κ1) is 24.5. The number of nitrogens with one attached hydrogen (secondary N) is 1. The Morgan fingerprint density at radius 2 is 1.76 bits per heavy atom. The highest BCUT2D eigenvalue weighted by atomic mass is 32.2. The Morgan fingerprint density at radius 1 is 1.12 bits per heavy atom. The molecule has 3 aromatic rings. The molecule has 1 aliphatic rings. The summed E-state index contributed by atoms with van der Waals surface area (Å²) in [5, 5.41) is 4.14. The van der Waals surface area contributed by atoms with Crippen LogP contribution in [0.4, 0.5) is 10.1 Å². The lowest BCUT2D eigenvalue weighted by Crippen LogP contribution is -2.42. The molecule has 0 unspecified atom stereocenters. The zero-order valence-corrected chi connectivity index (χ0v) is 20.0. The van der Waals surface area contributed by atoms with E-state index in [2.05, 4.69) is 14.7 Å². The molecule has 178 valence electrons. The van der Waals surface area contributed by atoms with E-state index in [1.165, 1.54) is 18.3 Å². The van der Waals surface area contributed by atoms with Gasteiger partial charge in [-0.15, -0.1) is 0 Å². The minimum absolute atomic E-state index is 0.240. The molecule has 1 saturated heterocycles. The van der Waals surface area contributed by atoms with Crippen LogP contribution < -0.4 is 14.4 Å². The van der Waals surface area contributed by atoms with Crippen molar-refractivity contribution in [3.05, 3.63) is 60.2 Å². The van der Waals surface area contributed by atoms with Gasteiger partial charge in [0.15, 0.2) is 0 Å². The molecule has 0 atom stereocenters. The molecule has 1 aliphatic heterocycles. The van der Waals surface area contributed by atoms with Gasteiger partial charge in [0, 0.05) is 25.0 Å². The maximum absolute atomic E-state index is 12.5. The molecule has 0 saturated carbocycles. The second kappa shape index (κ2) is 9.78. The molecule has 0 radical (unpaired) electrons. The lowest BCUT2D eigenvalue weighted by atomic mass is 10.2. The number of halogens is 1. The molecule has 1 aromatic carbocycles. The molecule has 4 rings (SSSR count). The van der Waals surface area contributed by atoms with Gasteiger partial charge in [-0.05, 0) is 70.0 Å². The van der Waals surface area contributed by atoms with Crippen molar-refractivity contribution in [1.82, 2.24) is 14.3 Å². The summed E-state index contributed by atoms with van der Waals surface area (Å²) in [6.45, 7) is 6.62. The lowest BCUT2D eigenvalue weighted by molar-refractivity contribution is 0.0982. The van der Waals surface area contributed by atoms with E-state index in [4.69, 9.17) is 4.74 Å². The van der Waals surface area contributed by atoms with Gasteiger partial charge in [-0.2, -0.15) is 5.10 Å². The number of rotatable bonds is 4. The van der Waals surface area contributed by atoms with Crippen LogP contribution in [0.5, 0.6) is 5.75 Å². The van der Waals surface area contributed by atoms with Gasteiger partial charge < -0.3 is 9.64 Å². The quantitative estimate of drug-likeness (QED) is 0.618. The Hall–Kier alpha value is -3.14. The van der Waals surface area contributed by atoms with Crippen molar-refractivity contribution in [2.75, 3.05) is 25.1 Å². The molecule has 2 aromatic heterocycles. The molecule has 0 spiro atoms. The highest BCUT2D eigenvalue weighted by molar-refractivity contribution is 7.91. The number of pyridine rings is 1. The summed E-state index contributed by atoms with van der Waals surface area (Å²) in [5.41, 5.74) is 1.87. The fourth-order valence-corrected chi connectivity index (χ4v) is 3.88. The summed E-state index contributed by atoms with van der Waals surface area (Å²) in [4.78, 5) is 14.7. The SMILES string of the molecule is CC(C)(C)S(=O)(=O)NC(=O)c1cnn2ccc(N3CCCC3)cc12.COc1ccc(F)cc1. The second-order valence-electron chi connectivity index (χ2n) is 8.67. The van der Waals surface area contributed by atoms with Crippen LogP contribution in [0.15, 0.2) is 48.8 Å². The van der Waals surface area contributed by atoms with Crippen molar-refractivity contribution >= 4 is 27.1 Å². The Kier molecular flexibility index (Phi) is 7.26. The van der Waals surface area contributed by atoms with Gasteiger partial charge in [0.25, 0.3) is 5.91 Å². The number of aromatic nitrogens is 2. The first-order valence-electron chi connectivity index (χ1n) is 10.6. The average Bonchev–Trinajstić information content (AvgIpc) is 3.43. The van der Waals surface area contributed by atoms with E-state index in [1.54, 1.807) is 50.7 Å². The summed E-state index contributed by atoms with van der Waals surface area (Å²) in [6, 6.07) is 9.72. The summed E-state index contributed by atoms with van der Waals surface area (Å²) < 4.78 is 44.0. The van der Waals surface area contributed by atoms with Gasteiger partial charge in [-0.1, -0.05) is 0 Å². The van der Waals surface area contributed by atoms with Crippen LogP contribution in [0.2, 0.25) is 0 Å². The number of carbonyl (C=O) groups excluding carboxylic acids is 1. The lowest BCUT2D eigenvalue weighted by Gasteiger charge is -2.19. The standard InChI is InChI=1S/C16H22N4O3S.C7H7FO/c1-16(2,3)24(22,23)18-15(21)13-11-17-20-9-6-12(10-14(13)20)19-7-4-5-8-19;1-9-7-4-2-6(8)3-5-7/h6,9-11H,4-5,7-8H2,1-3H3,(H,18,21);2-5H,1H3. The Balaban J connectivity index is 0.000000286. The molecule has 3 heterocycles. The van der Waals surface area contributed by atoms with Crippen LogP contribution in [0.1, 0.15) is 44.0 Å². The number of sulfonamides is 1. The molecular formula is C23H29FN4O4S. The molecule has 1 fully saturated rings. The number of hydrogen-bond acceptors (Lipinski definition) is 6. The van der Waals surface area contributed by atoms with Gasteiger partial charge in [0.05, 0.1) is 29.1 Å². The largest absolute Gasteiger partial charge is 0.497 e. The summed E-state index contributed by atoms with van der Waals surface area (Å²) in [5.74, 6) is -0.217. The van der Waals surface area contributed by atoms with Crippen LogP contribution in [0.3, 0.4) is 0 Å². The van der Waals surface area contributed by atoms with Gasteiger partial charge in [0.2, 0.25) is 10.0 Å². The van der Waals surface area contributed by atoms with E-state index >= 15 is 0 Å². The zero-order valence-electron chi connectivity index (χ0n) is 19.2. The topological polar surface area (TPSA) is 93.0 Å². The number of methoxy groups -OCH3 is 1. The Morgan fingerprint density at radius 3 is 2.33 bits per heavy atom. The number of benzene rings is 1. The van der Waals surface area contributed by atoms with Crippen molar-refractivity contribution in [2.24, 2.45) is 0 Å². The van der Waals surface area contributed by atoms with Gasteiger partial charge >= 0.3 is 0 Å². The maximum atomic E-state index is 12.5. The number of nitrogens with zero attached hydrogens (tertiary/aromatic N) is 3. The van der Waals surface area contributed by atoms with E-state index in [9.17, 15) is 17.6 Å². The van der Waals surface area contributed by atoms with E-state index in [0.29, 0.717) is 11.3 Å². The molecule has 1 amide bonds. The smallest absolute Gasteiger partial charge is 0.268 e. The van der Waals surface area contributed by atoms with E-state index in [1.807, 2.05) is 12.1 Å². The number of carbonyl (C=O) groups is 1. The predicted octanol–water partition coefficient (Wildman–Crippen LogP) is 3.63. The number of anilines is 1. The number of fused-ring (bicyclic) bond motifs is 1. The third kappa shape index (κ3) is 5.81. The molecule has 0 bridgehead atoms. The van der Waals surface area contributed by atoms with Gasteiger partial charge in [0.1, 0.15) is 11.6 Å². The number of ether oxygens (including phenoxy) is 1. The molecule has 1 N–H and O–H groups in total. The van der Waals surface area contributed by atoms with Crippen molar-refractivity contribution < 1.29 is 22.3 Å². The van der Waals surface area contributed by atoms with Crippen LogP contribution >= 0.6 is 0 Å². The van der Waals surface area contributed by atoms with Crippen LogP contribution in [-0.2, 0) is 10.0 Å². The molecular weight excluding hydrogens is 447 g/mol. The van der Waals surface area contributed by atoms with E-state index < -0.39 is 20.7 Å². The third-order valence-corrected chi connectivity index (χ3v) is 7.37.